The van der Waals surface area contributed by atoms with Gasteiger partial charge in [-0.2, -0.15) is 0 Å². The monoisotopic (exact) mass is 238 g/mol. The summed E-state index contributed by atoms with van der Waals surface area (Å²) < 4.78 is 0.662. The van der Waals surface area contributed by atoms with Crippen molar-refractivity contribution in [2.24, 2.45) is 4.99 Å². The van der Waals surface area contributed by atoms with Gasteiger partial charge in [-0.3, -0.25) is 4.99 Å². The molecule has 86 valence electrons. The summed E-state index contributed by atoms with van der Waals surface area (Å²) in [7, 11) is 1.68. The Hall–Kier alpha value is -1.62. The van der Waals surface area contributed by atoms with Crippen molar-refractivity contribution in [1.82, 2.24) is 0 Å². The highest BCUT2D eigenvalue weighted by Crippen LogP contribution is 2.11. The first-order chi connectivity index (χ1) is 7.40. The molecule has 1 aromatic rings. The van der Waals surface area contributed by atoms with Gasteiger partial charge in [0.1, 0.15) is 4.88 Å². The lowest BCUT2D eigenvalue weighted by atomic mass is 10.1. The number of hydrogen-bond acceptors (Lipinski definition) is 4. The van der Waals surface area contributed by atoms with Gasteiger partial charge in [0, 0.05) is 22.5 Å². The molecule has 0 saturated heterocycles. The van der Waals surface area contributed by atoms with Gasteiger partial charge < -0.3 is 10.8 Å². The predicted molar refractivity (Wildman–Crippen MR) is 68.6 cm³/mol. The van der Waals surface area contributed by atoms with Crippen LogP contribution >= 0.6 is 11.3 Å². The van der Waals surface area contributed by atoms with Gasteiger partial charge in [0.25, 0.3) is 0 Å². The SMILES string of the molecule is C=c1sc(C(=O)O)c(N)/c1=C(C)/C(C)=N\C. The molecular formula is C11H14N2O2S. The Balaban J connectivity index is 3.72. The molecule has 0 fully saturated rings. The molecular weight excluding hydrogens is 224 g/mol. The van der Waals surface area contributed by atoms with Crippen LogP contribution in [0.25, 0.3) is 12.2 Å². The molecule has 0 aliphatic rings. The van der Waals surface area contributed by atoms with Gasteiger partial charge in [0.05, 0.1) is 5.69 Å². The standard InChI is InChI=1S/C11H14N2O2S/c1-5(6(2)13-4)8-7(3)16-10(9(8)12)11(14)15/h3,12H2,1-2,4H3,(H,14,15)/b8-5+,13-6-. The molecule has 3 N–H and O–H groups in total. The number of nitrogens with zero attached hydrogens (tertiary/aromatic N) is 1. The van der Waals surface area contributed by atoms with E-state index in [1.807, 2.05) is 13.8 Å². The minimum Gasteiger partial charge on any atom is -0.477 e. The van der Waals surface area contributed by atoms with Crippen molar-refractivity contribution >= 4 is 40.9 Å². The zero-order valence-electron chi connectivity index (χ0n) is 9.50. The zero-order valence-corrected chi connectivity index (χ0v) is 10.3. The quantitative estimate of drug-likeness (QED) is 0.745. The average Bonchev–Trinajstić information content (AvgIpc) is 2.52. The number of aromatic carboxylic acids is 1. The Morgan fingerprint density at radius 3 is 2.44 bits per heavy atom. The molecule has 0 aliphatic heterocycles. The molecule has 0 radical (unpaired) electrons. The molecule has 0 aromatic carbocycles. The summed E-state index contributed by atoms with van der Waals surface area (Å²) in [5, 5.41) is 9.64. The van der Waals surface area contributed by atoms with Crippen molar-refractivity contribution in [3.63, 3.8) is 0 Å². The summed E-state index contributed by atoms with van der Waals surface area (Å²) in [5.41, 5.74) is 7.79. The average molecular weight is 238 g/mol. The molecule has 0 unspecified atom stereocenters. The van der Waals surface area contributed by atoms with Crippen molar-refractivity contribution in [3.8, 4) is 0 Å². The van der Waals surface area contributed by atoms with Crippen LogP contribution in [0.1, 0.15) is 23.5 Å². The smallest absolute Gasteiger partial charge is 0.348 e. The highest BCUT2D eigenvalue weighted by atomic mass is 32.1. The molecule has 0 saturated carbocycles. The molecule has 0 spiro atoms. The number of hydrogen-bond donors (Lipinski definition) is 2. The second kappa shape index (κ2) is 4.49. The Labute approximate surface area is 97.4 Å². The molecule has 4 nitrogen and oxygen atoms in total. The number of carbonyl (C=O) groups is 1. The maximum absolute atomic E-state index is 10.9. The number of nitrogen functional groups attached to an aromatic ring is 1. The predicted octanol–water partition coefficient (Wildman–Crippen LogP) is 0.700. The first-order valence-electron chi connectivity index (χ1n) is 4.65. The Morgan fingerprint density at radius 1 is 1.50 bits per heavy atom. The third kappa shape index (κ3) is 1.99. The number of anilines is 1. The van der Waals surface area contributed by atoms with E-state index in [-0.39, 0.29) is 10.6 Å². The second-order valence-electron chi connectivity index (χ2n) is 3.38. The van der Waals surface area contributed by atoms with Crippen LogP contribution in [0.4, 0.5) is 5.69 Å². The summed E-state index contributed by atoms with van der Waals surface area (Å²) in [4.78, 5) is 15.1. The molecule has 5 heteroatoms. The lowest BCUT2D eigenvalue weighted by molar-refractivity contribution is 0.0703. The minimum atomic E-state index is -1.02. The van der Waals surface area contributed by atoms with Crippen molar-refractivity contribution in [3.05, 3.63) is 14.6 Å². The van der Waals surface area contributed by atoms with Gasteiger partial charge in [-0.1, -0.05) is 6.58 Å². The molecule has 1 rings (SSSR count). The molecule has 1 heterocycles. The molecule has 0 aliphatic carbocycles. The zero-order chi connectivity index (χ0) is 12.5. The lowest BCUT2D eigenvalue weighted by Gasteiger charge is -1.99. The first kappa shape index (κ1) is 12.4. The number of aliphatic imine (C=N–C) groups is 1. The second-order valence-corrected chi connectivity index (χ2v) is 4.49. The normalized spacial score (nSPS) is 13.8. The van der Waals surface area contributed by atoms with Crippen molar-refractivity contribution in [2.45, 2.75) is 13.8 Å². The number of carboxylic acids is 1. The van der Waals surface area contributed by atoms with Crippen molar-refractivity contribution in [2.75, 3.05) is 12.8 Å². The Kier molecular flexibility index (Phi) is 3.49. The summed E-state index contributed by atoms with van der Waals surface area (Å²) >= 11 is 1.09. The summed E-state index contributed by atoms with van der Waals surface area (Å²) in [6, 6.07) is 0. The first-order valence-corrected chi connectivity index (χ1v) is 5.47. The van der Waals surface area contributed by atoms with Crippen LogP contribution in [-0.4, -0.2) is 23.8 Å². The van der Waals surface area contributed by atoms with Gasteiger partial charge >= 0.3 is 5.97 Å². The van der Waals surface area contributed by atoms with E-state index in [9.17, 15) is 4.79 Å². The summed E-state index contributed by atoms with van der Waals surface area (Å²) in [5.74, 6) is -1.02. The van der Waals surface area contributed by atoms with Gasteiger partial charge in [0.15, 0.2) is 0 Å². The number of thiophene rings is 1. The van der Waals surface area contributed by atoms with E-state index in [0.29, 0.717) is 9.75 Å². The van der Waals surface area contributed by atoms with Crippen LogP contribution in [-0.2, 0) is 0 Å². The van der Waals surface area contributed by atoms with Crippen LogP contribution in [0.15, 0.2) is 4.99 Å². The van der Waals surface area contributed by atoms with Crippen LogP contribution in [0, 0.1) is 0 Å². The van der Waals surface area contributed by atoms with E-state index in [1.165, 1.54) is 0 Å². The molecule has 0 bridgehead atoms. The fourth-order valence-electron chi connectivity index (χ4n) is 1.41. The lowest BCUT2D eigenvalue weighted by Crippen LogP contribution is -2.25. The highest BCUT2D eigenvalue weighted by molar-refractivity contribution is 7.12. The topological polar surface area (TPSA) is 75.7 Å². The Morgan fingerprint density at radius 2 is 2.06 bits per heavy atom. The van der Waals surface area contributed by atoms with E-state index in [4.69, 9.17) is 10.8 Å². The summed E-state index contributed by atoms with van der Waals surface area (Å²) in [6.45, 7) is 7.54. The van der Waals surface area contributed by atoms with Crippen LogP contribution in [0.2, 0.25) is 0 Å². The van der Waals surface area contributed by atoms with E-state index in [0.717, 1.165) is 22.6 Å². The van der Waals surface area contributed by atoms with Crippen LogP contribution in [0.5, 0.6) is 0 Å². The fraction of sp³-hybridized carbons (Fsp3) is 0.273. The number of carboxylic acid groups (broad SMARTS) is 1. The largest absolute Gasteiger partial charge is 0.477 e. The molecule has 16 heavy (non-hydrogen) atoms. The molecule has 0 amide bonds. The maximum atomic E-state index is 10.9. The summed E-state index contributed by atoms with van der Waals surface area (Å²) in [6.07, 6.45) is 0. The van der Waals surface area contributed by atoms with Gasteiger partial charge in [-0.15, -0.1) is 11.3 Å². The van der Waals surface area contributed by atoms with Crippen LogP contribution < -0.4 is 15.5 Å². The van der Waals surface area contributed by atoms with Crippen LogP contribution in [0.3, 0.4) is 0 Å². The minimum absolute atomic E-state index is 0.142. The highest BCUT2D eigenvalue weighted by Gasteiger charge is 2.14. The van der Waals surface area contributed by atoms with E-state index in [2.05, 4.69) is 11.6 Å². The van der Waals surface area contributed by atoms with Gasteiger partial charge in [-0.25, -0.2) is 4.79 Å². The van der Waals surface area contributed by atoms with Crippen molar-refractivity contribution in [1.29, 1.82) is 0 Å². The molecule has 0 atom stereocenters. The van der Waals surface area contributed by atoms with Crippen molar-refractivity contribution < 1.29 is 9.90 Å². The van der Waals surface area contributed by atoms with E-state index >= 15 is 0 Å². The third-order valence-corrected chi connectivity index (χ3v) is 3.51. The van der Waals surface area contributed by atoms with Gasteiger partial charge in [0.2, 0.25) is 0 Å². The third-order valence-electron chi connectivity index (χ3n) is 2.47. The van der Waals surface area contributed by atoms with Gasteiger partial charge in [-0.05, 0) is 19.4 Å². The Bertz CT molecular complexity index is 570. The molecule has 1 aromatic heterocycles. The maximum Gasteiger partial charge on any atom is 0.348 e. The van der Waals surface area contributed by atoms with E-state index < -0.39 is 5.97 Å². The fourth-order valence-corrected chi connectivity index (χ4v) is 2.32. The number of rotatable bonds is 2. The number of nitrogens with two attached hydrogens (primary N) is 1. The van der Waals surface area contributed by atoms with E-state index in [1.54, 1.807) is 7.05 Å².